The van der Waals surface area contributed by atoms with E-state index in [9.17, 15) is 0 Å². The van der Waals surface area contributed by atoms with Crippen LogP contribution in [0, 0.1) is 0 Å². The number of nitrogens with zero attached hydrogens (tertiary/aromatic N) is 1. The van der Waals surface area contributed by atoms with Gasteiger partial charge >= 0.3 is 0 Å². The molecule has 1 heterocycles. The van der Waals surface area contributed by atoms with Gasteiger partial charge in [-0.05, 0) is 11.6 Å². The molecule has 0 aliphatic heterocycles. The van der Waals surface area contributed by atoms with Crippen LogP contribution in [0.15, 0.2) is 71.3 Å². The summed E-state index contributed by atoms with van der Waals surface area (Å²) in [7, 11) is 0. The van der Waals surface area contributed by atoms with Gasteiger partial charge in [0.25, 0.3) is 0 Å². The molecule has 0 amide bonds. The Morgan fingerprint density at radius 3 is 2.21 bits per heavy atom. The average molecular weight is 247 g/mol. The summed E-state index contributed by atoms with van der Waals surface area (Å²) in [5.41, 5.74) is 3.05. The molecule has 0 spiro atoms. The minimum atomic E-state index is 0.753. The Labute approximate surface area is 112 Å². The van der Waals surface area contributed by atoms with E-state index in [-0.39, 0.29) is 0 Å². The van der Waals surface area contributed by atoms with Gasteiger partial charge in [-0.15, -0.1) is 0 Å². The van der Waals surface area contributed by atoms with Crippen LogP contribution in [0.5, 0.6) is 0 Å². The van der Waals surface area contributed by atoms with Crippen LogP contribution >= 0.6 is 0 Å². The van der Waals surface area contributed by atoms with Crippen LogP contribution in [0.2, 0.25) is 0 Å². The summed E-state index contributed by atoms with van der Waals surface area (Å²) >= 11 is 0. The van der Waals surface area contributed by atoms with Crippen LogP contribution < -0.4 is 0 Å². The summed E-state index contributed by atoms with van der Waals surface area (Å²) in [5, 5.41) is 4.07. The third-order valence-electron chi connectivity index (χ3n) is 2.84. The molecule has 2 heteroatoms. The lowest BCUT2D eigenvalue weighted by atomic mass is 10.1. The first-order valence-corrected chi connectivity index (χ1v) is 6.17. The van der Waals surface area contributed by atoms with Crippen molar-refractivity contribution in [2.24, 2.45) is 0 Å². The Hall–Kier alpha value is -2.61. The number of hydrogen-bond acceptors (Lipinski definition) is 2. The Morgan fingerprint density at radius 1 is 0.789 bits per heavy atom. The number of hydrogen-bond donors (Lipinski definition) is 0. The molecule has 92 valence electrons. The number of benzene rings is 2. The summed E-state index contributed by atoms with van der Waals surface area (Å²) in [5.74, 6) is 0.753. The van der Waals surface area contributed by atoms with Gasteiger partial charge in [0.2, 0.25) is 0 Å². The molecule has 0 bridgehead atoms. The van der Waals surface area contributed by atoms with Crippen molar-refractivity contribution in [3.63, 3.8) is 0 Å². The van der Waals surface area contributed by atoms with Gasteiger partial charge in [-0.2, -0.15) is 0 Å². The molecular formula is C17H13NO. The molecule has 0 atom stereocenters. The molecule has 0 saturated carbocycles. The summed E-state index contributed by atoms with van der Waals surface area (Å²) in [6.45, 7) is 0. The van der Waals surface area contributed by atoms with Gasteiger partial charge in [0.05, 0.1) is 0 Å². The molecule has 0 unspecified atom stereocenters. The molecule has 2 aromatic carbocycles. The van der Waals surface area contributed by atoms with Crippen molar-refractivity contribution in [3.8, 4) is 11.3 Å². The van der Waals surface area contributed by atoms with E-state index in [4.69, 9.17) is 4.52 Å². The molecule has 0 saturated heterocycles. The van der Waals surface area contributed by atoms with Crippen LogP contribution in [0.1, 0.15) is 11.3 Å². The van der Waals surface area contributed by atoms with E-state index in [2.05, 4.69) is 5.16 Å². The van der Waals surface area contributed by atoms with E-state index < -0.39 is 0 Å². The Balaban J connectivity index is 1.81. The fraction of sp³-hybridized carbons (Fsp3) is 0. The zero-order chi connectivity index (χ0) is 12.9. The Morgan fingerprint density at radius 2 is 1.47 bits per heavy atom. The molecule has 0 aliphatic carbocycles. The summed E-state index contributed by atoms with van der Waals surface area (Å²) in [6, 6.07) is 22.0. The van der Waals surface area contributed by atoms with Crippen molar-refractivity contribution in [2.45, 2.75) is 0 Å². The summed E-state index contributed by atoms with van der Waals surface area (Å²) in [6.07, 6.45) is 3.93. The maximum absolute atomic E-state index is 5.30. The lowest BCUT2D eigenvalue weighted by Crippen LogP contribution is -1.73. The van der Waals surface area contributed by atoms with Gasteiger partial charge in [0, 0.05) is 11.6 Å². The monoisotopic (exact) mass is 247 g/mol. The van der Waals surface area contributed by atoms with Crippen molar-refractivity contribution in [1.82, 2.24) is 5.16 Å². The van der Waals surface area contributed by atoms with Gasteiger partial charge in [-0.3, -0.25) is 0 Å². The highest BCUT2D eigenvalue weighted by molar-refractivity contribution is 5.69. The highest BCUT2D eigenvalue weighted by atomic mass is 16.5. The van der Waals surface area contributed by atoms with E-state index >= 15 is 0 Å². The summed E-state index contributed by atoms with van der Waals surface area (Å²) < 4.78 is 5.30. The van der Waals surface area contributed by atoms with Gasteiger partial charge in [0.15, 0.2) is 5.76 Å². The maximum Gasteiger partial charge on any atom is 0.160 e. The largest absolute Gasteiger partial charge is 0.356 e. The highest BCUT2D eigenvalue weighted by Gasteiger charge is 2.03. The van der Waals surface area contributed by atoms with E-state index in [0.717, 1.165) is 22.6 Å². The van der Waals surface area contributed by atoms with Crippen LogP contribution in [0.3, 0.4) is 0 Å². The molecule has 0 N–H and O–H groups in total. The molecule has 2 nitrogen and oxygen atoms in total. The fourth-order valence-electron chi connectivity index (χ4n) is 1.86. The van der Waals surface area contributed by atoms with Gasteiger partial charge in [-0.1, -0.05) is 71.9 Å². The van der Waals surface area contributed by atoms with Crippen LogP contribution in [0.4, 0.5) is 0 Å². The van der Waals surface area contributed by atoms with Crippen LogP contribution in [-0.4, -0.2) is 5.16 Å². The first-order valence-electron chi connectivity index (χ1n) is 6.17. The Kier molecular flexibility index (Phi) is 3.24. The third-order valence-corrected chi connectivity index (χ3v) is 2.84. The van der Waals surface area contributed by atoms with Crippen LogP contribution in [-0.2, 0) is 0 Å². The Bertz CT molecular complexity index is 669. The van der Waals surface area contributed by atoms with Crippen molar-refractivity contribution >= 4 is 12.2 Å². The zero-order valence-corrected chi connectivity index (χ0v) is 10.4. The molecule has 0 aliphatic rings. The predicted octanol–water partition coefficient (Wildman–Crippen LogP) is 4.51. The molecule has 1 aromatic heterocycles. The first kappa shape index (κ1) is 11.5. The highest BCUT2D eigenvalue weighted by Crippen LogP contribution is 2.19. The van der Waals surface area contributed by atoms with Crippen molar-refractivity contribution in [2.75, 3.05) is 0 Å². The van der Waals surface area contributed by atoms with Crippen molar-refractivity contribution in [3.05, 3.63) is 78.1 Å². The molecule has 19 heavy (non-hydrogen) atoms. The minimum Gasteiger partial charge on any atom is -0.356 e. The number of rotatable bonds is 3. The SMILES string of the molecule is C(=C\c1cc(-c2ccccc2)no1)/c1ccccc1. The van der Waals surface area contributed by atoms with Gasteiger partial charge in [0.1, 0.15) is 5.69 Å². The second kappa shape index (κ2) is 5.36. The van der Waals surface area contributed by atoms with Crippen LogP contribution in [0.25, 0.3) is 23.4 Å². The van der Waals surface area contributed by atoms with Gasteiger partial charge in [-0.25, -0.2) is 0 Å². The smallest absolute Gasteiger partial charge is 0.160 e. The van der Waals surface area contributed by atoms with E-state index in [1.165, 1.54) is 0 Å². The van der Waals surface area contributed by atoms with E-state index in [1.807, 2.05) is 78.9 Å². The maximum atomic E-state index is 5.30. The molecular weight excluding hydrogens is 234 g/mol. The standard InChI is InChI=1S/C17H13NO/c1-3-7-14(8-4-1)11-12-16-13-17(18-19-16)15-9-5-2-6-10-15/h1-13H/b12-11+. The van der Waals surface area contributed by atoms with Gasteiger partial charge < -0.3 is 4.52 Å². The fourth-order valence-corrected chi connectivity index (χ4v) is 1.86. The average Bonchev–Trinajstić information content (AvgIpc) is 2.96. The quantitative estimate of drug-likeness (QED) is 0.680. The first-order chi connectivity index (χ1) is 9.42. The third kappa shape index (κ3) is 2.80. The van der Waals surface area contributed by atoms with Crippen molar-refractivity contribution < 1.29 is 4.52 Å². The second-order valence-electron chi connectivity index (χ2n) is 4.22. The predicted molar refractivity (Wildman–Crippen MR) is 77.3 cm³/mol. The molecule has 3 aromatic rings. The summed E-state index contributed by atoms with van der Waals surface area (Å²) in [4.78, 5) is 0. The normalized spacial score (nSPS) is 10.9. The number of aromatic nitrogens is 1. The van der Waals surface area contributed by atoms with E-state index in [0.29, 0.717) is 0 Å². The van der Waals surface area contributed by atoms with Crippen molar-refractivity contribution in [1.29, 1.82) is 0 Å². The second-order valence-corrected chi connectivity index (χ2v) is 4.22. The lowest BCUT2D eigenvalue weighted by molar-refractivity contribution is 0.415. The molecule has 3 rings (SSSR count). The topological polar surface area (TPSA) is 26.0 Å². The minimum absolute atomic E-state index is 0.753. The van der Waals surface area contributed by atoms with E-state index in [1.54, 1.807) is 0 Å². The molecule has 0 fully saturated rings. The zero-order valence-electron chi connectivity index (χ0n) is 10.4. The lowest BCUT2D eigenvalue weighted by Gasteiger charge is -1.91. The molecule has 0 radical (unpaired) electrons.